The Bertz CT molecular complexity index is 710. The van der Waals surface area contributed by atoms with Crippen molar-refractivity contribution in [3.8, 4) is 0 Å². The third kappa shape index (κ3) is 4.60. The first kappa shape index (κ1) is 17.5. The second-order valence-electron chi connectivity index (χ2n) is 6.98. The lowest BCUT2D eigenvalue weighted by Crippen LogP contribution is -2.37. The number of rotatable bonds is 5. The van der Waals surface area contributed by atoms with Gasteiger partial charge in [0.1, 0.15) is 0 Å². The van der Waals surface area contributed by atoms with Crippen LogP contribution in [-0.2, 0) is 6.54 Å². The number of amides is 2. The zero-order valence-corrected chi connectivity index (χ0v) is 14.9. The van der Waals surface area contributed by atoms with Crippen molar-refractivity contribution in [1.82, 2.24) is 14.7 Å². The lowest BCUT2D eigenvalue weighted by atomic mass is 10.1. The summed E-state index contributed by atoms with van der Waals surface area (Å²) in [6, 6.07) is 7.65. The number of nitrogens with one attached hydrogen (secondary N) is 1. The van der Waals surface area contributed by atoms with E-state index in [1.807, 2.05) is 48.3 Å². The van der Waals surface area contributed by atoms with E-state index in [1.54, 1.807) is 11.9 Å². The van der Waals surface area contributed by atoms with Crippen molar-refractivity contribution in [2.45, 2.75) is 38.8 Å². The molecule has 2 amide bonds. The van der Waals surface area contributed by atoms with Gasteiger partial charge in [-0.25, -0.2) is 4.79 Å². The fourth-order valence-corrected chi connectivity index (χ4v) is 3.32. The van der Waals surface area contributed by atoms with Crippen LogP contribution in [0.1, 0.15) is 30.4 Å². The van der Waals surface area contributed by atoms with Crippen molar-refractivity contribution in [2.24, 2.45) is 5.92 Å². The van der Waals surface area contributed by atoms with Crippen molar-refractivity contribution < 1.29 is 9.90 Å². The van der Waals surface area contributed by atoms with E-state index in [0.29, 0.717) is 13.1 Å². The van der Waals surface area contributed by atoms with Crippen LogP contribution < -0.4 is 5.32 Å². The number of hydrogen-bond donors (Lipinski definition) is 2. The van der Waals surface area contributed by atoms with E-state index in [9.17, 15) is 9.90 Å². The number of hydrogen-bond acceptors (Lipinski definition) is 3. The second-order valence-corrected chi connectivity index (χ2v) is 6.98. The molecule has 1 aromatic heterocycles. The van der Waals surface area contributed by atoms with Crippen molar-refractivity contribution in [2.75, 3.05) is 18.9 Å². The summed E-state index contributed by atoms with van der Waals surface area (Å²) in [5.41, 5.74) is 3.03. The van der Waals surface area contributed by atoms with Gasteiger partial charge in [-0.3, -0.25) is 4.68 Å². The number of aliphatic hydroxyl groups excluding tert-OH is 1. The third-order valence-corrected chi connectivity index (χ3v) is 4.79. The molecule has 1 aliphatic rings. The predicted molar refractivity (Wildman–Crippen MR) is 97.5 cm³/mol. The van der Waals surface area contributed by atoms with E-state index < -0.39 is 0 Å². The minimum atomic E-state index is -0.277. The molecule has 2 aromatic rings. The van der Waals surface area contributed by atoms with Crippen LogP contribution >= 0.6 is 0 Å². The highest BCUT2D eigenvalue weighted by Gasteiger charge is 2.27. The van der Waals surface area contributed by atoms with Gasteiger partial charge < -0.3 is 15.3 Å². The molecule has 1 heterocycles. The minimum absolute atomic E-state index is 0.144. The predicted octanol–water partition coefficient (Wildman–Crippen LogP) is 2.86. The van der Waals surface area contributed by atoms with E-state index in [-0.39, 0.29) is 18.1 Å². The number of carbonyl (C=O) groups is 1. The zero-order valence-electron chi connectivity index (χ0n) is 14.9. The first-order chi connectivity index (χ1) is 12.0. The Balaban J connectivity index is 1.52. The molecule has 0 bridgehead atoms. The molecule has 2 N–H and O–H groups in total. The molecule has 6 nitrogen and oxygen atoms in total. The smallest absolute Gasteiger partial charge is 0.321 e. The van der Waals surface area contributed by atoms with Crippen LogP contribution in [0.4, 0.5) is 10.5 Å². The maximum Gasteiger partial charge on any atom is 0.321 e. The van der Waals surface area contributed by atoms with Crippen LogP contribution in [-0.4, -0.2) is 45.5 Å². The van der Waals surface area contributed by atoms with E-state index in [0.717, 1.165) is 36.1 Å². The Labute approximate surface area is 148 Å². The Morgan fingerprint density at radius 2 is 2.12 bits per heavy atom. The van der Waals surface area contributed by atoms with E-state index in [4.69, 9.17) is 0 Å². The maximum atomic E-state index is 12.3. The number of urea groups is 1. The van der Waals surface area contributed by atoms with Crippen LogP contribution in [0.3, 0.4) is 0 Å². The van der Waals surface area contributed by atoms with Gasteiger partial charge in [-0.1, -0.05) is 18.6 Å². The highest BCUT2D eigenvalue weighted by atomic mass is 16.3. The number of nitrogens with zero attached hydrogens (tertiary/aromatic N) is 3. The quantitative estimate of drug-likeness (QED) is 0.878. The van der Waals surface area contributed by atoms with Crippen LogP contribution in [0.15, 0.2) is 36.7 Å². The zero-order chi connectivity index (χ0) is 17.8. The summed E-state index contributed by atoms with van der Waals surface area (Å²) in [5.74, 6) is 0.190. The molecule has 2 unspecified atom stereocenters. The average molecular weight is 342 g/mol. The van der Waals surface area contributed by atoms with Crippen LogP contribution in [0.25, 0.3) is 0 Å². The van der Waals surface area contributed by atoms with Gasteiger partial charge in [0.15, 0.2) is 0 Å². The average Bonchev–Trinajstić information content (AvgIpc) is 3.18. The molecule has 0 spiro atoms. The van der Waals surface area contributed by atoms with Crippen LogP contribution in [0.5, 0.6) is 0 Å². The molecule has 1 saturated carbocycles. The molecule has 134 valence electrons. The minimum Gasteiger partial charge on any atom is -0.393 e. The topological polar surface area (TPSA) is 70.4 Å². The highest BCUT2D eigenvalue weighted by molar-refractivity contribution is 5.89. The lowest BCUT2D eigenvalue weighted by molar-refractivity contribution is 0.116. The van der Waals surface area contributed by atoms with Gasteiger partial charge in [-0.05, 0) is 43.0 Å². The molecule has 0 radical (unpaired) electrons. The summed E-state index contributed by atoms with van der Waals surface area (Å²) in [7, 11) is 1.77. The molecule has 25 heavy (non-hydrogen) atoms. The lowest BCUT2D eigenvalue weighted by Gasteiger charge is -2.23. The number of aliphatic hydroxyl groups is 1. The van der Waals surface area contributed by atoms with E-state index >= 15 is 0 Å². The summed E-state index contributed by atoms with van der Waals surface area (Å²) in [4.78, 5) is 14.0. The molecule has 3 rings (SSSR count). The molecule has 2 atom stereocenters. The fraction of sp³-hybridized carbons (Fsp3) is 0.474. The van der Waals surface area contributed by atoms with Gasteiger partial charge >= 0.3 is 6.03 Å². The molecular weight excluding hydrogens is 316 g/mol. The van der Waals surface area contributed by atoms with Gasteiger partial charge in [0.25, 0.3) is 0 Å². The van der Waals surface area contributed by atoms with Gasteiger partial charge in [-0.2, -0.15) is 5.10 Å². The number of aromatic nitrogens is 2. The number of carbonyl (C=O) groups excluding carboxylic acids is 1. The Kier molecular flexibility index (Phi) is 5.38. The maximum absolute atomic E-state index is 12.3. The molecule has 1 aliphatic carbocycles. The summed E-state index contributed by atoms with van der Waals surface area (Å²) in [6.07, 6.45) is 6.44. The van der Waals surface area contributed by atoms with Crippen LogP contribution in [0, 0.1) is 12.8 Å². The molecular formula is C19H26N4O2. The Morgan fingerprint density at radius 3 is 2.72 bits per heavy atom. The first-order valence-corrected chi connectivity index (χ1v) is 8.79. The van der Waals surface area contributed by atoms with Crippen molar-refractivity contribution in [3.63, 3.8) is 0 Å². The van der Waals surface area contributed by atoms with E-state index in [1.165, 1.54) is 0 Å². The Hall–Kier alpha value is -2.34. The molecule has 6 heteroatoms. The summed E-state index contributed by atoms with van der Waals surface area (Å²) in [6.45, 7) is 3.31. The molecule has 1 fully saturated rings. The number of anilines is 1. The fourth-order valence-electron chi connectivity index (χ4n) is 3.32. The largest absolute Gasteiger partial charge is 0.393 e. The number of aryl methyl sites for hydroxylation is 1. The van der Waals surface area contributed by atoms with Gasteiger partial charge in [0.05, 0.1) is 18.8 Å². The van der Waals surface area contributed by atoms with Crippen molar-refractivity contribution >= 4 is 11.7 Å². The third-order valence-electron chi connectivity index (χ3n) is 4.79. The van der Waals surface area contributed by atoms with Crippen molar-refractivity contribution in [1.29, 1.82) is 0 Å². The van der Waals surface area contributed by atoms with Gasteiger partial charge in [0.2, 0.25) is 0 Å². The summed E-state index contributed by atoms with van der Waals surface area (Å²) >= 11 is 0. The monoisotopic (exact) mass is 342 g/mol. The molecule has 0 saturated heterocycles. The Morgan fingerprint density at radius 1 is 1.36 bits per heavy atom. The van der Waals surface area contributed by atoms with E-state index in [2.05, 4.69) is 10.4 Å². The summed E-state index contributed by atoms with van der Waals surface area (Å²) in [5, 5.41) is 17.1. The molecule has 1 aromatic carbocycles. The van der Waals surface area contributed by atoms with Crippen LogP contribution in [0.2, 0.25) is 0 Å². The standard InChI is InChI=1S/C19H26N4O2/c1-14-10-20-23(11-14)12-15-6-8-17(9-7-15)21-19(25)22(2)13-16-4-3-5-18(16)24/h6-11,16,18,24H,3-5,12-13H2,1-2H3,(H,21,25). The second kappa shape index (κ2) is 7.70. The van der Waals surface area contributed by atoms with Crippen molar-refractivity contribution in [3.05, 3.63) is 47.8 Å². The normalized spacial score (nSPS) is 19.8. The van der Waals surface area contributed by atoms with Gasteiger partial charge in [-0.15, -0.1) is 0 Å². The summed E-state index contributed by atoms with van der Waals surface area (Å²) < 4.78 is 1.89. The SMILES string of the molecule is Cc1cnn(Cc2ccc(NC(=O)N(C)CC3CCCC3O)cc2)c1. The first-order valence-electron chi connectivity index (χ1n) is 8.79. The molecule has 0 aliphatic heterocycles. The van der Waals surface area contributed by atoms with Gasteiger partial charge in [0, 0.05) is 31.4 Å². The number of benzene rings is 1. The highest BCUT2D eigenvalue weighted by Crippen LogP contribution is 2.26.